The number of halogens is 2. The van der Waals surface area contributed by atoms with Gasteiger partial charge in [0.15, 0.2) is 0 Å². The van der Waals surface area contributed by atoms with Crippen LogP contribution in [0.25, 0.3) is 0 Å². The van der Waals surface area contributed by atoms with Gasteiger partial charge in [-0.2, -0.15) is 4.99 Å². The number of hydrazine groups is 1. The van der Waals surface area contributed by atoms with Crippen molar-refractivity contribution in [3.63, 3.8) is 0 Å². The van der Waals surface area contributed by atoms with Gasteiger partial charge in [0.2, 0.25) is 5.96 Å². The lowest BCUT2D eigenvalue weighted by Crippen LogP contribution is -2.52. The van der Waals surface area contributed by atoms with Crippen molar-refractivity contribution >= 4 is 23.5 Å². The minimum absolute atomic E-state index is 0.104. The third-order valence-corrected chi connectivity index (χ3v) is 7.80. The average molecular weight is 544 g/mol. The quantitative estimate of drug-likeness (QED) is 0.281. The SMILES string of the molecule is COC[C@H](C)N/C(=N/C(=O)c1cccc(F)c1)NC1CC(c2ccc(Cl)cc2)(C2CCCCCCC2)NN1. The van der Waals surface area contributed by atoms with Crippen molar-refractivity contribution in [2.24, 2.45) is 10.9 Å². The van der Waals surface area contributed by atoms with Crippen molar-refractivity contribution in [3.05, 3.63) is 70.5 Å². The molecule has 4 N–H and O–H groups in total. The summed E-state index contributed by atoms with van der Waals surface area (Å²) in [6.07, 6.45) is 9.09. The number of carbonyl (C=O) groups is 1. The second-order valence-corrected chi connectivity index (χ2v) is 10.9. The minimum Gasteiger partial charge on any atom is -0.383 e. The number of guanidine groups is 1. The normalized spacial score (nSPS) is 23.9. The van der Waals surface area contributed by atoms with E-state index in [9.17, 15) is 9.18 Å². The van der Waals surface area contributed by atoms with E-state index in [1.54, 1.807) is 13.2 Å². The van der Waals surface area contributed by atoms with Gasteiger partial charge in [0.05, 0.1) is 18.3 Å². The number of benzene rings is 2. The largest absolute Gasteiger partial charge is 0.383 e. The zero-order valence-corrected chi connectivity index (χ0v) is 23.0. The first-order valence-electron chi connectivity index (χ1n) is 13.6. The molecule has 1 aliphatic heterocycles. The summed E-state index contributed by atoms with van der Waals surface area (Å²) in [6.45, 7) is 2.38. The Morgan fingerprint density at radius 2 is 1.87 bits per heavy atom. The second kappa shape index (κ2) is 13.5. The first kappa shape index (κ1) is 28.5. The maximum atomic E-state index is 13.7. The number of rotatable bonds is 7. The van der Waals surface area contributed by atoms with Gasteiger partial charge < -0.3 is 15.4 Å². The molecule has 2 aromatic carbocycles. The van der Waals surface area contributed by atoms with E-state index in [1.165, 1.54) is 55.9 Å². The maximum Gasteiger partial charge on any atom is 0.280 e. The Labute approximate surface area is 229 Å². The molecule has 7 nitrogen and oxygen atoms in total. The Balaban J connectivity index is 1.58. The molecule has 2 aliphatic rings. The number of nitrogens with zero attached hydrogens (tertiary/aromatic N) is 1. The molecule has 2 unspecified atom stereocenters. The topological polar surface area (TPSA) is 86.8 Å². The van der Waals surface area contributed by atoms with E-state index in [0.29, 0.717) is 23.5 Å². The smallest absolute Gasteiger partial charge is 0.280 e. The number of aliphatic imine (C=N–C) groups is 1. The van der Waals surface area contributed by atoms with Crippen LogP contribution in [0.15, 0.2) is 53.5 Å². The monoisotopic (exact) mass is 543 g/mol. The van der Waals surface area contributed by atoms with Gasteiger partial charge in [0, 0.05) is 30.2 Å². The Morgan fingerprint density at radius 1 is 1.16 bits per heavy atom. The third-order valence-electron chi connectivity index (χ3n) is 7.55. The minimum atomic E-state index is -0.529. The summed E-state index contributed by atoms with van der Waals surface area (Å²) in [5.74, 6) is -0.250. The number of ether oxygens (including phenoxy) is 1. The van der Waals surface area contributed by atoms with Crippen LogP contribution in [0.1, 0.15) is 74.2 Å². The van der Waals surface area contributed by atoms with Crippen molar-refractivity contribution in [2.45, 2.75) is 76.0 Å². The van der Waals surface area contributed by atoms with E-state index < -0.39 is 11.7 Å². The van der Waals surface area contributed by atoms with E-state index in [4.69, 9.17) is 16.3 Å². The van der Waals surface area contributed by atoms with E-state index >= 15 is 0 Å². The van der Waals surface area contributed by atoms with Crippen molar-refractivity contribution in [3.8, 4) is 0 Å². The van der Waals surface area contributed by atoms with Gasteiger partial charge >= 0.3 is 0 Å². The molecule has 1 amide bonds. The first-order valence-corrected chi connectivity index (χ1v) is 14.0. The molecule has 1 saturated carbocycles. The molecular formula is C29H39ClFN5O2. The molecular weight excluding hydrogens is 505 g/mol. The van der Waals surface area contributed by atoms with Gasteiger partial charge in [-0.05, 0) is 61.6 Å². The average Bonchev–Trinajstić information content (AvgIpc) is 3.28. The molecule has 0 radical (unpaired) electrons. The van der Waals surface area contributed by atoms with Gasteiger partial charge in [-0.1, -0.05) is 61.9 Å². The lowest BCUT2D eigenvalue weighted by Gasteiger charge is -2.39. The number of carbonyl (C=O) groups excluding carboxylic acids is 1. The van der Waals surface area contributed by atoms with E-state index in [-0.39, 0.29) is 23.3 Å². The van der Waals surface area contributed by atoms with Crippen molar-refractivity contribution < 1.29 is 13.9 Å². The summed E-state index contributed by atoms with van der Waals surface area (Å²) in [5.41, 5.74) is 8.17. The third kappa shape index (κ3) is 7.32. The predicted octanol–water partition coefficient (Wildman–Crippen LogP) is 5.27. The zero-order chi connectivity index (χ0) is 27.0. The lowest BCUT2D eigenvalue weighted by atomic mass is 9.71. The number of methoxy groups -OCH3 is 1. The van der Waals surface area contributed by atoms with Gasteiger partial charge in [-0.3, -0.25) is 4.79 Å². The van der Waals surface area contributed by atoms with Crippen LogP contribution in [-0.2, 0) is 10.3 Å². The Hall–Kier alpha value is -2.52. The molecule has 0 aromatic heterocycles. The highest BCUT2D eigenvalue weighted by atomic mass is 35.5. The number of nitrogens with one attached hydrogen (secondary N) is 4. The Bertz CT molecular complexity index is 1090. The molecule has 2 aromatic rings. The first-order chi connectivity index (χ1) is 18.4. The summed E-state index contributed by atoms with van der Waals surface area (Å²) < 4.78 is 19.0. The van der Waals surface area contributed by atoms with Gasteiger partial charge in [0.1, 0.15) is 5.82 Å². The zero-order valence-electron chi connectivity index (χ0n) is 22.2. The molecule has 4 rings (SSSR count). The van der Waals surface area contributed by atoms with E-state index in [2.05, 4.69) is 38.6 Å². The van der Waals surface area contributed by atoms with Gasteiger partial charge in [0.25, 0.3) is 5.91 Å². The molecule has 3 atom stereocenters. The highest BCUT2D eigenvalue weighted by Gasteiger charge is 2.46. The van der Waals surface area contributed by atoms with Crippen LogP contribution in [0.4, 0.5) is 4.39 Å². The summed E-state index contributed by atoms with van der Waals surface area (Å²) >= 11 is 6.24. The molecule has 2 fully saturated rings. The molecule has 0 spiro atoms. The predicted molar refractivity (Wildman–Crippen MR) is 149 cm³/mol. The van der Waals surface area contributed by atoms with Crippen LogP contribution in [0.3, 0.4) is 0 Å². The number of amides is 1. The van der Waals surface area contributed by atoms with Crippen LogP contribution in [0.5, 0.6) is 0 Å². The number of hydrogen-bond acceptors (Lipinski definition) is 4. The van der Waals surface area contributed by atoms with Crippen molar-refractivity contribution in [1.29, 1.82) is 0 Å². The fraction of sp³-hybridized carbons (Fsp3) is 0.517. The summed E-state index contributed by atoms with van der Waals surface area (Å²) in [7, 11) is 1.62. The summed E-state index contributed by atoms with van der Waals surface area (Å²) in [4.78, 5) is 17.2. The summed E-state index contributed by atoms with van der Waals surface area (Å²) in [5, 5.41) is 7.35. The molecule has 1 aliphatic carbocycles. The highest BCUT2D eigenvalue weighted by molar-refractivity contribution is 6.30. The molecule has 9 heteroatoms. The molecule has 1 saturated heterocycles. The van der Waals surface area contributed by atoms with E-state index in [0.717, 1.165) is 19.3 Å². The number of hydrogen-bond donors (Lipinski definition) is 4. The standard InChI is InChI=1S/C29H39ClFN5O2/c1-20(19-38-2)32-28(34-27(37)21-9-8-12-25(31)17-21)33-26-18-29(36-35-26,23-13-15-24(30)16-14-23)22-10-6-4-3-5-7-11-22/h8-9,12-17,20,22,26,35-36H,3-7,10-11,18-19H2,1-2H3,(H2,32,33,34,37)/t20-,26?,29?/m0/s1. The fourth-order valence-corrected chi connectivity index (χ4v) is 5.83. The van der Waals surface area contributed by atoms with E-state index in [1.807, 2.05) is 19.1 Å². The lowest BCUT2D eigenvalue weighted by molar-refractivity contribution is 0.100. The van der Waals surface area contributed by atoms with Crippen LogP contribution in [0, 0.1) is 11.7 Å². The van der Waals surface area contributed by atoms with Crippen molar-refractivity contribution in [2.75, 3.05) is 13.7 Å². The maximum absolute atomic E-state index is 13.7. The van der Waals surface area contributed by atoms with Crippen LogP contribution >= 0.6 is 11.6 Å². The second-order valence-electron chi connectivity index (χ2n) is 10.5. The fourth-order valence-electron chi connectivity index (χ4n) is 5.70. The molecule has 1 heterocycles. The molecule has 38 heavy (non-hydrogen) atoms. The van der Waals surface area contributed by atoms with Crippen LogP contribution < -0.4 is 21.5 Å². The molecule has 206 valence electrons. The highest BCUT2D eigenvalue weighted by Crippen LogP contribution is 2.43. The van der Waals surface area contributed by atoms with Crippen LogP contribution in [0.2, 0.25) is 5.02 Å². The van der Waals surface area contributed by atoms with Gasteiger partial charge in [-0.25, -0.2) is 15.2 Å². The Morgan fingerprint density at radius 3 is 2.55 bits per heavy atom. The Kier molecular flexibility index (Phi) is 10.1. The van der Waals surface area contributed by atoms with Crippen LogP contribution in [-0.4, -0.2) is 37.8 Å². The molecule has 0 bridgehead atoms. The summed E-state index contributed by atoms with van der Waals surface area (Å²) in [6, 6.07) is 13.6. The van der Waals surface area contributed by atoms with Gasteiger partial charge in [-0.15, -0.1) is 0 Å². The van der Waals surface area contributed by atoms with Crippen molar-refractivity contribution in [1.82, 2.24) is 21.5 Å².